The fourth-order valence-corrected chi connectivity index (χ4v) is 2.42. The van der Waals surface area contributed by atoms with E-state index in [0.29, 0.717) is 13.2 Å². The van der Waals surface area contributed by atoms with Crippen LogP contribution in [0.5, 0.6) is 5.75 Å². The normalized spacial score (nSPS) is 17.9. The first kappa shape index (κ1) is 14.3. The molecule has 4 heteroatoms. The van der Waals surface area contributed by atoms with Crippen LogP contribution in [0.15, 0.2) is 18.2 Å². The summed E-state index contributed by atoms with van der Waals surface area (Å²) in [5.74, 6) is 0.855. The van der Waals surface area contributed by atoms with E-state index >= 15 is 0 Å². The zero-order valence-corrected chi connectivity index (χ0v) is 11.9. The molecular formula is C15H23NO3. The smallest absolute Gasteiger partial charge is 0.129 e. The molecule has 1 heterocycles. The van der Waals surface area contributed by atoms with Crippen molar-refractivity contribution >= 4 is 0 Å². The number of hydrogen-bond donors (Lipinski definition) is 2. The average molecular weight is 265 g/mol. The second kappa shape index (κ2) is 5.90. The molecule has 1 aliphatic heterocycles. The van der Waals surface area contributed by atoms with Crippen LogP contribution >= 0.6 is 0 Å². The second-order valence-corrected chi connectivity index (χ2v) is 5.59. The number of fused-ring (bicyclic) bond motifs is 1. The number of ether oxygens (including phenoxy) is 2. The summed E-state index contributed by atoms with van der Waals surface area (Å²) in [5.41, 5.74) is 1.87. The highest BCUT2D eigenvalue weighted by Crippen LogP contribution is 2.39. The maximum Gasteiger partial charge on any atom is 0.129 e. The summed E-state index contributed by atoms with van der Waals surface area (Å²) in [7, 11) is 1.66. The number of rotatable bonds is 6. The third-order valence-electron chi connectivity index (χ3n) is 3.30. The van der Waals surface area contributed by atoms with Crippen molar-refractivity contribution < 1.29 is 14.6 Å². The SMILES string of the molecule is COCCNCC(O)c1cccc2c1OC(C)(C)C2. The molecule has 1 aromatic carbocycles. The van der Waals surface area contributed by atoms with Gasteiger partial charge in [-0.1, -0.05) is 18.2 Å². The third-order valence-corrected chi connectivity index (χ3v) is 3.30. The number of aliphatic hydroxyl groups excluding tert-OH is 1. The molecule has 0 spiro atoms. The molecule has 19 heavy (non-hydrogen) atoms. The minimum atomic E-state index is -0.555. The van der Waals surface area contributed by atoms with Gasteiger partial charge in [-0.3, -0.25) is 0 Å². The lowest BCUT2D eigenvalue weighted by Gasteiger charge is -2.20. The highest BCUT2D eigenvalue weighted by molar-refractivity contribution is 5.46. The molecule has 0 fully saturated rings. The first-order valence-corrected chi connectivity index (χ1v) is 6.72. The second-order valence-electron chi connectivity index (χ2n) is 5.59. The summed E-state index contributed by atoms with van der Waals surface area (Å²) in [6, 6.07) is 5.98. The summed E-state index contributed by atoms with van der Waals surface area (Å²) in [6.07, 6.45) is 0.334. The monoisotopic (exact) mass is 265 g/mol. The van der Waals surface area contributed by atoms with E-state index in [-0.39, 0.29) is 5.60 Å². The van der Waals surface area contributed by atoms with E-state index in [1.165, 1.54) is 5.56 Å². The van der Waals surface area contributed by atoms with Crippen molar-refractivity contribution in [3.63, 3.8) is 0 Å². The zero-order chi connectivity index (χ0) is 13.9. The van der Waals surface area contributed by atoms with Crippen molar-refractivity contribution in [1.82, 2.24) is 5.32 Å². The van der Waals surface area contributed by atoms with Crippen LogP contribution in [0.3, 0.4) is 0 Å². The van der Waals surface area contributed by atoms with E-state index in [9.17, 15) is 5.11 Å². The van der Waals surface area contributed by atoms with Crippen LogP contribution in [0.2, 0.25) is 0 Å². The van der Waals surface area contributed by atoms with Gasteiger partial charge in [-0.15, -0.1) is 0 Å². The van der Waals surface area contributed by atoms with Crippen LogP contribution in [0.25, 0.3) is 0 Å². The Bertz CT molecular complexity index is 431. The first-order valence-electron chi connectivity index (χ1n) is 6.72. The van der Waals surface area contributed by atoms with Crippen molar-refractivity contribution in [2.24, 2.45) is 0 Å². The van der Waals surface area contributed by atoms with Crippen LogP contribution in [0.4, 0.5) is 0 Å². The number of hydrogen-bond acceptors (Lipinski definition) is 4. The minimum Gasteiger partial charge on any atom is -0.487 e. The number of para-hydroxylation sites is 1. The molecule has 2 N–H and O–H groups in total. The van der Waals surface area contributed by atoms with Crippen LogP contribution in [0.1, 0.15) is 31.1 Å². The molecule has 1 unspecified atom stereocenters. The minimum absolute atomic E-state index is 0.179. The summed E-state index contributed by atoms with van der Waals surface area (Å²) < 4.78 is 10.9. The Morgan fingerprint density at radius 3 is 3.00 bits per heavy atom. The Labute approximate surface area is 114 Å². The molecule has 2 rings (SSSR count). The molecule has 0 bridgehead atoms. The van der Waals surface area contributed by atoms with Crippen molar-refractivity contribution in [2.75, 3.05) is 26.8 Å². The number of benzene rings is 1. The van der Waals surface area contributed by atoms with Crippen molar-refractivity contribution in [3.8, 4) is 5.75 Å². The fourth-order valence-electron chi connectivity index (χ4n) is 2.42. The molecule has 1 aliphatic rings. The summed E-state index contributed by atoms with van der Waals surface area (Å²) in [6.45, 7) is 6.02. The molecule has 0 saturated carbocycles. The number of methoxy groups -OCH3 is 1. The Morgan fingerprint density at radius 2 is 2.26 bits per heavy atom. The molecule has 4 nitrogen and oxygen atoms in total. The van der Waals surface area contributed by atoms with Gasteiger partial charge in [-0.2, -0.15) is 0 Å². The fraction of sp³-hybridized carbons (Fsp3) is 0.600. The van der Waals surface area contributed by atoms with E-state index in [0.717, 1.165) is 24.3 Å². The predicted molar refractivity (Wildman–Crippen MR) is 74.6 cm³/mol. The molecular weight excluding hydrogens is 242 g/mol. The Kier molecular flexibility index (Phi) is 4.45. The van der Waals surface area contributed by atoms with Gasteiger partial charge in [-0.05, 0) is 19.4 Å². The third kappa shape index (κ3) is 3.47. The number of nitrogens with one attached hydrogen (secondary N) is 1. The molecule has 0 aromatic heterocycles. The highest BCUT2D eigenvalue weighted by Gasteiger charge is 2.32. The topological polar surface area (TPSA) is 50.7 Å². The Morgan fingerprint density at radius 1 is 1.47 bits per heavy atom. The molecule has 0 radical (unpaired) electrons. The van der Waals surface area contributed by atoms with Crippen molar-refractivity contribution in [1.29, 1.82) is 0 Å². The molecule has 0 saturated heterocycles. The van der Waals surface area contributed by atoms with Crippen molar-refractivity contribution in [3.05, 3.63) is 29.3 Å². The zero-order valence-electron chi connectivity index (χ0n) is 11.9. The summed E-state index contributed by atoms with van der Waals surface area (Å²) in [4.78, 5) is 0. The van der Waals surface area contributed by atoms with E-state index in [4.69, 9.17) is 9.47 Å². The van der Waals surface area contributed by atoms with Gasteiger partial charge in [0, 0.05) is 32.2 Å². The van der Waals surface area contributed by atoms with Gasteiger partial charge < -0.3 is 19.9 Å². The molecule has 1 aromatic rings. The van der Waals surface area contributed by atoms with E-state index in [2.05, 4.69) is 25.2 Å². The van der Waals surface area contributed by atoms with Gasteiger partial charge >= 0.3 is 0 Å². The largest absolute Gasteiger partial charge is 0.487 e. The first-order chi connectivity index (χ1) is 9.03. The maximum absolute atomic E-state index is 10.3. The molecule has 0 aliphatic carbocycles. The van der Waals surface area contributed by atoms with Gasteiger partial charge in [0.05, 0.1) is 12.7 Å². The Hall–Kier alpha value is -1.10. The van der Waals surface area contributed by atoms with Crippen LogP contribution in [-0.4, -0.2) is 37.5 Å². The van der Waals surface area contributed by atoms with Crippen molar-refractivity contribution in [2.45, 2.75) is 32.0 Å². The summed E-state index contributed by atoms with van der Waals surface area (Å²) >= 11 is 0. The van der Waals surface area contributed by atoms with E-state index in [1.54, 1.807) is 7.11 Å². The quantitative estimate of drug-likeness (QED) is 0.768. The highest BCUT2D eigenvalue weighted by atomic mass is 16.5. The van der Waals surface area contributed by atoms with Gasteiger partial charge in [0.1, 0.15) is 11.4 Å². The van der Waals surface area contributed by atoms with Gasteiger partial charge in [0.25, 0.3) is 0 Å². The molecule has 1 atom stereocenters. The standard InChI is InChI=1S/C15H23NO3/c1-15(2)9-11-5-4-6-12(14(11)19-15)13(17)10-16-7-8-18-3/h4-6,13,16-17H,7-10H2,1-3H3. The molecule has 106 valence electrons. The van der Waals surface area contributed by atoms with Crippen LogP contribution in [0, 0.1) is 0 Å². The van der Waals surface area contributed by atoms with Crippen LogP contribution in [-0.2, 0) is 11.2 Å². The molecule has 0 amide bonds. The lowest BCUT2D eigenvalue weighted by atomic mass is 9.99. The lowest BCUT2D eigenvalue weighted by molar-refractivity contribution is 0.124. The average Bonchev–Trinajstić information content (AvgIpc) is 2.67. The lowest BCUT2D eigenvalue weighted by Crippen LogP contribution is -2.26. The van der Waals surface area contributed by atoms with Gasteiger partial charge in [0.15, 0.2) is 0 Å². The Balaban J connectivity index is 2.04. The maximum atomic E-state index is 10.3. The predicted octanol–water partition coefficient (Wildman–Crippen LogP) is 1.67. The summed E-state index contributed by atoms with van der Waals surface area (Å²) in [5, 5.41) is 13.4. The van der Waals surface area contributed by atoms with E-state index in [1.807, 2.05) is 12.1 Å². The van der Waals surface area contributed by atoms with Gasteiger partial charge in [-0.25, -0.2) is 0 Å². The van der Waals surface area contributed by atoms with Crippen LogP contribution < -0.4 is 10.1 Å². The van der Waals surface area contributed by atoms with E-state index < -0.39 is 6.10 Å². The number of aliphatic hydroxyl groups is 1. The van der Waals surface area contributed by atoms with Gasteiger partial charge in [0.2, 0.25) is 0 Å².